The fourth-order valence-corrected chi connectivity index (χ4v) is 4.39. The Morgan fingerprint density at radius 2 is 0.811 bits per heavy atom. The van der Waals surface area contributed by atoms with E-state index in [9.17, 15) is 44.1 Å². The molecule has 3 atom stereocenters. The number of nitrogens with one attached hydrogen (secondary N) is 3. The molecule has 16 heteroatoms. The van der Waals surface area contributed by atoms with Gasteiger partial charge in [0.05, 0.1) is 19.6 Å². The van der Waals surface area contributed by atoms with E-state index in [2.05, 4.69) is 16.0 Å². The molecule has 0 radical (unpaired) electrons. The molecule has 3 amide bonds. The largest absolute Gasteiger partial charge is 0.480 e. The maximum Gasteiger partial charge on any atom is 0.326 e. The summed E-state index contributed by atoms with van der Waals surface area (Å²) in [7, 11) is 0. The molecule has 0 saturated heterocycles. The fraction of sp³-hybridized carbons (Fsp3) is 0.714. The lowest BCUT2D eigenvalue weighted by atomic mass is 10.2. The minimum Gasteiger partial charge on any atom is -0.480 e. The van der Waals surface area contributed by atoms with Crippen molar-refractivity contribution in [1.29, 1.82) is 0 Å². The van der Waals surface area contributed by atoms with Crippen LogP contribution in [0.5, 0.6) is 0 Å². The van der Waals surface area contributed by atoms with E-state index in [-0.39, 0.29) is 19.3 Å². The molecule has 0 bridgehead atoms. The molecule has 6 N–H and O–H groups in total. The number of hydrogen-bond donors (Lipinski definition) is 6. The third kappa shape index (κ3) is 16.3. The number of nitrogens with zero attached hydrogens (tertiary/aromatic N) is 1. The first-order valence-electron chi connectivity index (χ1n) is 11.2. The van der Waals surface area contributed by atoms with Gasteiger partial charge in [0, 0.05) is 0 Å². The molecule has 0 spiro atoms. The molecule has 0 aliphatic rings. The first-order chi connectivity index (χ1) is 17.4. The lowest BCUT2D eigenvalue weighted by Crippen LogP contribution is -2.52. The lowest BCUT2D eigenvalue weighted by Gasteiger charge is -2.24. The molecule has 0 aromatic carbocycles. The zero-order valence-electron chi connectivity index (χ0n) is 21.1. The van der Waals surface area contributed by atoms with Crippen molar-refractivity contribution in [2.45, 2.75) is 37.4 Å². The molecule has 0 fully saturated rings. The Morgan fingerprint density at radius 1 is 0.568 bits per heavy atom. The summed E-state index contributed by atoms with van der Waals surface area (Å²) in [5, 5.41) is 35.1. The molecule has 0 aromatic rings. The second-order valence-corrected chi connectivity index (χ2v) is 10.8. The van der Waals surface area contributed by atoms with Crippen LogP contribution in [0, 0.1) is 0 Å². The Hall–Kier alpha value is -2.17. The van der Waals surface area contributed by atoms with Gasteiger partial charge in [0.2, 0.25) is 17.7 Å². The normalized spacial score (nSPS) is 13.3. The second-order valence-electron chi connectivity index (χ2n) is 7.86. The van der Waals surface area contributed by atoms with E-state index >= 15 is 0 Å². The van der Waals surface area contributed by atoms with Gasteiger partial charge < -0.3 is 31.3 Å². The van der Waals surface area contributed by atoms with E-state index in [0.717, 1.165) is 4.90 Å². The minimum atomic E-state index is -1.24. The SMILES string of the molecule is CSCCC(NC(=O)CN(CC(=O)NC(CCSC)C(=O)O)CC(=O)NC(CCSC)C(=O)O)C(=O)O. The maximum absolute atomic E-state index is 12.6. The molecule has 0 heterocycles. The van der Waals surface area contributed by atoms with Crippen LogP contribution >= 0.6 is 35.3 Å². The summed E-state index contributed by atoms with van der Waals surface area (Å²) in [5.41, 5.74) is 0. The summed E-state index contributed by atoms with van der Waals surface area (Å²) in [6, 6.07) is -3.51. The number of aliphatic carboxylic acids is 3. The highest BCUT2D eigenvalue weighted by molar-refractivity contribution is 7.98. The van der Waals surface area contributed by atoms with Crippen LogP contribution in [0.3, 0.4) is 0 Å². The number of hydrogen-bond acceptors (Lipinski definition) is 10. The number of carbonyl (C=O) groups excluding carboxylic acids is 3. The van der Waals surface area contributed by atoms with Crippen LogP contribution < -0.4 is 16.0 Å². The molecular formula is C21H36N4O9S3. The topological polar surface area (TPSA) is 202 Å². The summed E-state index contributed by atoms with van der Waals surface area (Å²) in [4.78, 5) is 73.1. The van der Waals surface area contributed by atoms with Gasteiger partial charge in [-0.25, -0.2) is 14.4 Å². The van der Waals surface area contributed by atoms with Crippen molar-refractivity contribution < 1.29 is 44.1 Å². The van der Waals surface area contributed by atoms with E-state index in [1.807, 2.05) is 0 Å². The standard InChI is InChI=1S/C21H36N4O9S3/c1-35-7-4-13(19(29)30)22-16(26)10-25(11-17(27)23-14(20(31)32)5-8-36-2)12-18(28)24-15(21(33)34)6-9-37-3/h13-15H,4-12H2,1-3H3,(H,22,26)(H,23,27)(H,24,28)(H,29,30)(H,31,32)(H,33,34). The zero-order chi connectivity index (χ0) is 28.4. The highest BCUT2D eigenvalue weighted by Gasteiger charge is 2.26. The number of rotatable bonds is 21. The highest BCUT2D eigenvalue weighted by atomic mass is 32.2. The van der Waals surface area contributed by atoms with Crippen LogP contribution in [0.4, 0.5) is 0 Å². The first kappa shape index (κ1) is 34.8. The average molecular weight is 585 g/mol. The maximum atomic E-state index is 12.6. The van der Waals surface area contributed by atoms with Crippen molar-refractivity contribution in [3.8, 4) is 0 Å². The van der Waals surface area contributed by atoms with E-state index in [1.54, 1.807) is 18.8 Å². The molecule has 0 aliphatic heterocycles. The number of carboxylic acids is 3. The van der Waals surface area contributed by atoms with Crippen LogP contribution in [-0.4, -0.2) is 130 Å². The van der Waals surface area contributed by atoms with Crippen molar-refractivity contribution in [2.75, 3.05) is 55.7 Å². The van der Waals surface area contributed by atoms with Crippen molar-refractivity contribution in [3.63, 3.8) is 0 Å². The van der Waals surface area contributed by atoms with Crippen molar-refractivity contribution in [2.24, 2.45) is 0 Å². The van der Waals surface area contributed by atoms with Crippen LogP contribution in [0.15, 0.2) is 0 Å². The van der Waals surface area contributed by atoms with Crippen molar-refractivity contribution in [1.82, 2.24) is 20.9 Å². The number of carboxylic acid groups (broad SMARTS) is 3. The van der Waals surface area contributed by atoms with Gasteiger partial charge in [0.1, 0.15) is 18.1 Å². The number of amides is 3. The Morgan fingerprint density at radius 3 is 1.00 bits per heavy atom. The van der Waals surface area contributed by atoms with Gasteiger partial charge in [-0.3, -0.25) is 19.3 Å². The van der Waals surface area contributed by atoms with Gasteiger partial charge in [0.25, 0.3) is 0 Å². The predicted molar refractivity (Wildman–Crippen MR) is 144 cm³/mol. The molecule has 0 aliphatic carbocycles. The van der Waals surface area contributed by atoms with Crippen LogP contribution in [0.1, 0.15) is 19.3 Å². The number of thioether (sulfide) groups is 3. The quantitative estimate of drug-likeness (QED) is 0.0985. The predicted octanol–water partition coefficient (Wildman–Crippen LogP) is -0.744. The Bertz CT molecular complexity index is 689. The monoisotopic (exact) mass is 584 g/mol. The van der Waals surface area contributed by atoms with E-state index in [1.165, 1.54) is 35.3 Å². The molecule has 3 unspecified atom stereocenters. The van der Waals surface area contributed by atoms with Gasteiger partial charge in [-0.2, -0.15) is 35.3 Å². The molecule has 0 rings (SSSR count). The third-order valence-electron chi connectivity index (χ3n) is 4.83. The molecule has 0 aromatic heterocycles. The van der Waals surface area contributed by atoms with Crippen LogP contribution in [0.2, 0.25) is 0 Å². The highest BCUT2D eigenvalue weighted by Crippen LogP contribution is 2.04. The van der Waals surface area contributed by atoms with Gasteiger partial charge in [0.15, 0.2) is 0 Å². The Balaban J connectivity index is 5.48. The summed E-state index contributed by atoms with van der Waals surface area (Å²) in [6.07, 6.45) is 5.84. The van der Waals surface area contributed by atoms with Gasteiger partial charge in [-0.15, -0.1) is 0 Å². The summed E-state index contributed by atoms with van der Waals surface area (Å²) >= 11 is 4.21. The third-order valence-corrected chi connectivity index (χ3v) is 6.77. The van der Waals surface area contributed by atoms with Gasteiger partial charge >= 0.3 is 17.9 Å². The van der Waals surface area contributed by atoms with Gasteiger partial charge in [-0.1, -0.05) is 0 Å². The van der Waals surface area contributed by atoms with Crippen molar-refractivity contribution >= 4 is 70.9 Å². The summed E-state index contributed by atoms with van der Waals surface area (Å²) < 4.78 is 0. The molecule has 212 valence electrons. The summed E-state index contributed by atoms with van der Waals surface area (Å²) in [6.45, 7) is -1.64. The number of carbonyl (C=O) groups is 6. The van der Waals surface area contributed by atoms with Crippen LogP contribution in [-0.2, 0) is 28.8 Å². The smallest absolute Gasteiger partial charge is 0.326 e. The fourth-order valence-electron chi connectivity index (χ4n) is 2.98. The van der Waals surface area contributed by atoms with Crippen LogP contribution in [0.25, 0.3) is 0 Å². The molecule has 13 nitrogen and oxygen atoms in total. The van der Waals surface area contributed by atoms with E-state index < -0.39 is 73.4 Å². The Kier molecular flexibility index (Phi) is 18.7. The average Bonchev–Trinajstić information content (AvgIpc) is 2.81. The van der Waals surface area contributed by atoms with E-state index in [0.29, 0.717) is 17.3 Å². The first-order valence-corrected chi connectivity index (χ1v) is 15.4. The second kappa shape index (κ2) is 19.9. The van der Waals surface area contributed by atoms with Crippen molar-refractivity contribution in [3.05, 3.63) is 0 Å². The zero-order valence-corrected chi connectivity index (χ0v) is 23.5. The molecule has 0 saturated carbocycles. The van der Waals surface area contributed by atoms with Gasteiger partial charge in [-0.05, 0) is 55.3 Å². The minimum absolute atomic E-state index is 0.161. The Labute approximate surface area is 228 Å². The lowest BCUT2D eigenvalue weighted by molar-refractivity contribution is -0.143. The molecule has 37 heavy (non-hydrogen) atoms. The summed E-state index contributed by atoms with van der Waals surface area (Å²) in [5.74, 6) is -4.56. The molecular weight excluding hydrogens is 548 g/mol. The van der Waals surface area contributed by atoms with E-state index in [4.69, 9.17) is 0 Å².